The topological polar surface area (TPSA) is 64.8 Å². The maximum absolute atomic E-state index is 13.1. The lowest BCUT2D eigenvalue weighted by molar-refractivity contribution is -0.0692. The molecule has 0 bridgehead atoms. The number of morpholine rings is 1. The van der Waals surface area contributed by atoms with E-state index >= 15 is 0 Å². The second-order valence-corrected chi connectivity index (χ2v) is 6.54. The third kappa shape index (κ3) is 4.23. The summed E-state index contributed by atoms with van der Waals surface area (Å²) in [6.07, 6.45) is -0.234. The lowest BCUT2D eigenvalue weighted by atomic mass is 10.1. The van der Waals surface area contributed by atoms with Crippen molar-refractivity contribution in [3.05, 3.63) is 58.6 Å². The van der Waals surface area contributed by atoms with Crippen molar-refractivity contribution in [3.63, 3.8) is 0 Å². The number of nitrogen functional groups attached to an aromatic ring is 1. The molecule has 0 spiro atoms. The number of carbonyl (C=O) groups is 1. The summed E-state index contributed by atoms with van der Waals surface area (Å²) >= 11 is 6.10. The standard InChI is InChI=1S/C19H21ClN2O3.ClH/c1-12-10-22(11-18(25-12)13-6-4-3-5-7-13)19(23)14-8-15(20)16(21)9-17(14)24-2;/h3-9,12,18H,10-11,21H2,1-2H3;1H. The summed E-state index contributed by atoms with van der Waals surface area (Å²) in [6.45, 7) is 2.94. The summed E-state index contributed by atoms with van der Waals surface area (Å²) < 4.78 is 11.3. The zero-order chi connectivity index (χ0) is 18.0. The first-order valence-corrected chi connectivity index (χ1v) is 8.50. The van der Waals surface area contributed by atoms with Crippen LogP contribution in [0.4, 0.5) is 5.69 Å². The van der Waals surface area contributed by atoms with Crippen molar-refractivity contribution in [2.24, 2.45) is 0 Å². The molecule has 5 nitrogen and oxygen atoms in total. The van der Waals surface area contributed by atoms with E-state index in [1.165, 1.54) is 7.11 Å². The molecule has 2 atom stereocenters. The van der Waals surface area contributed by atoms with Crippen molar-refractivity contribution in [2.75, 3.05) is 25.9 Å². The molecule has 1 aliphatic heterocycles. The smallest absolute Gasteiger partial charge is 0.257 e. The van der Waals surface area contributed by atoms with Gasteiger partial charge in [0.1, 0.15) is 11.9 Å². The molecule has 2 aromatic carbocycles. The number of hydrogen-bond acceptors (Lipinski definition) is 4. The monoisotopic (exact) mass is 396 g/mol. The highest BCUT2D eigenvalue weighted by Gasteiger charge is 2.31. The van der Waals surface area contributed by atoms with Gasteiger partial charge in [-0.25, -0.2) is 0 Å². The Morgan fingerprint density at radius 3 is 2.62 bits per heavy atom. The number of ether oxygens (including phenoxy) is 2. The van der Waals surface area contributed by atoms with Crippen LogP contribution >= 0.6 is 24.0 Å². The minimum absolute atomic E-state index is 0. The van der Waals surface area contributed by atoms with Crippen LogP contribution in [0.3, 0.4) is 0 Å². The Morgan fingerprint density at radius 2 is 1.96 bits per heavy atom. The molecule has 2 N–H and O–H groups in total. The SMILES string of the molecule is COc1cc(N)c(Cl)cc1C(=O)N1CC(C)OC(c2ccccc2)C1.Cl. The lowest BCUT2D eigenvalue weighted by Gasteiger charge is -2.37. The van der Waals surface area contributed by atoms with E-state index in [4.69, 9.17) is 26.8 Å². The fourth-order valence-corrected chi connectivity index (χ4v) is 3.21. The summed E-state index contributed by atoms with van der Waals surface area (Å²) in [4.78, 5) is 14.8. The van der Waals surface area contributed by atoms with Crippen molar-refractivity contribution in [1.29, 1.82) is 0 Å². The van der Waals surface area contributed by atoms with Crippen LogP contribution in [0.15, 0.2) is 42.5 Å². The minimum Gasteiger partial charge on any atom is -0.496 e. The van der Waals surface area contributed by atoms with E-state index in [9.17, 15) is 4.79 Å². The average molecular weight is 397 g/mol. The van der Waals surface area contributed by atoms with E-state index in [1.54, 1.807) is 17.0 Å². The molecule has 2 unspecified atom stereocenters. The first-order valence-electron chi connectivity index (χ1n) is 8.12. The Hall–Kier alpha value is -1.95. The molecule has 1 heterocycles. The van der Waals surface area contributed by atoms with Gasteiger partial charge in [0.25, 0.3) is 5.91 Å². The zero-order valence-corrected chi connectivity index (χ0v) is 16.2. The van der Waals surface area contributed by atoms with Gasteiger partial charge in [0.05, 0.1) is 36.0 Å². The summed E-state index contributed by atoms with van der Waals surface area (Å²) in [7, 11) is 1.51. The summed E-state index contributed by atoms with van der Waals surface area (Å²) in [6, 6.07) is 13.0. The van der Waals surface area contributed by atoms with Gasteiger partial charge in [-0.05, 0) is 18.6 Å². The van der Waals surface area contributed by atoms with Crippen molar-refractivity contribution < 1.29 is 14.3 Å². The minimum atomic E-state index is -0.163. The summed E-state index contributed by atoms with van der Waals surface area (Å²) in [5.74, 6) is 0.275. The fraction of sp³-hybridized carbons (Fsp3) is 0.316. The molecule has 0 saturated carbocycles. The van der Waals surface area contributed by atoms with Crippen LogP contribution in [0.5, 0.6) is 5.75 Å². The van der Waals surface area contributed by atoms with Gasteiger partial charge in [0.15, 0.2) is 0 Å². The Morgan fingerprint density at radius 1 is 1.27 bits per heavy atom. The maximum Gasteiger partial charge on any atom is 0.257 e. The van der Waals surface area contributed by atoms with E-state index in [0.717, 1.165) is 5.56 Å². The molecule has 3 rings (SSSR count). The predicted octanol–water partition coefficient (Wildman–Crippen LogP) is 3.95. The highest BCUT2D eigenvalue weighted by atomic mass is 35.5. The number of benzene rings is 2. The van der Waals surface area contributed by atoms with Crippen LogP contribution in [0.25, 0.3) is 0 Å². The third-order valence-electron chi connectivity index (χ3n) is 4.27. The van der Waals surface area contributed by atoms with E-state index in [-0.39, 0.29) is 30.5 Å². The lowest BCUT2D eigenvalue weighted by Crippen LogP contribution is -2.46. The van der Waals surface area contributed by atoms with Gasteiger partial charge in [0.2, 0.25) is 0 Å². The number of nitrogens with two attached hydrogens (primary N) is 1. The van der Waals surface area contributed by atoms with Crippen LogP contribution in [0.2, 0.25) is 5.02 Å². The van der Waals surface area contributed by atoms with Crippen molar-refractivity contribution in [2.45, 2.75) is 19.1 Å². The molecule has 0 aliphatic carbocycles. The highest BCUT2D eigenvalue weighted by molar-refractivity contribution is 6.33. The van der Waals surface area contributed by atoms with Gasteiger partial charge in [0, 0.05) is 12.6 Å². The van der Waals surface area contributed by atoms with Gasteiger partial charge < -0.3 is 20.1 Å². The van der Waals surface area contributed by atoms with E-state index in [0.29, 0.717) is 35.1 Å². The first kappa shape index (κ1) is 20.4. The van der Waals surface area contributed by atoms with Crippen LogP contribution < -0.4 is 10.5 Å². The molecule has 140 valence electrons. The van der Waals surface area contributed by atoms with Crippen molar-refractivity contribution >= 4 is 35.6 Å². The predicted molar refractivity (Wildman–Crippen MR) is 105 cm³/mol. The van der Waals surface area contributed by atoms with E-state index in [1.807, 2.05) is 37.3 Å². The molecular formula is C19H22Cl2N2O3. The normalized spacial score (nSPS) is 19.6. The number of methoxy groups -OCH3 is 1. The van der Waals surface area contributed by atoms with Crippen molar-refractivity contribution in [1.82, 2.24) is 4.90 Å². The first-order chi connectivity index (χ1) is 12.0. The Labute approximate surface area is 164 Å². The number of anilines is 1. The van der Waals surface area contributed by atoms with Crippen LogP contribution in [0.1, 0.15) is 28.9 Å². The van der Waals surface area contributed by atoms with Gasteiger partial charge in [-0.3, -0.25) is 4.79 Å². The van der Waals surface area contributed by atoms with Gasteiger partial charge in [-0.15, -0.1) is 12.4 Å². The molecule has 1 saturated heterocycles. The number of nitrogens with zero attached hydrogens (tertiary/aromatic N) is 1. The molecule has 7 heteroatoms. The number of halogens is 2. The largest absolute Gasteiger partial charge is 0.496 e. The molecule has 2 aromatic rings. The molecule has 0 radical (unpaired) electrons. The molecule has 0 aromatic heterocycles. The fourth-order valence-electron chi connectivity index (χ4n) is 3.04. The molecular weight excluding hydrogens is 375 g/mol. The van der Waals surface area contributed by atoms with Crippen molar-refractivity contribution in [3.8, 4) is 5.75 Å². The number of rotatable bonds is 3. The van der Waals surface area contributed by atoms with E-state index < -0.39 is 0 Å². The van der Waals surface area contributed by atoms with Gasteiger partial charge in [-0.1, -0.05) is 41.9 Å². The quantitative estimate of drug-likeness (QED) is 0.797. The highest BCUT2D eigenvalue weighted by Crippen LogP contribution is 2.32. The molecule has 26 heavy (non-hydrogen) atoms. The van der Waals surface area contributed by atoms with Crippen LogP contribution in [-0.4, -0.2) is 37.1 Å². The van der Waals surface area contributed by atoms with Crippen LogP contribution in [-0.2, 0) is 4.74 Å². The van der Waals surface area contributed by atoms with Crippen LogP contribution in [0, 0.1) is 0 Å². The molecule has 1 amide bonds. The van der Waals surface area contributed by atoms with Gasteiger partial charge in [-0.2, -0.15) is 0 Å². The molecule has 1 aliphatic rings. The van der Waals surface area contributed by atoms with E-state index in [2.05, 4.69) is 0 Å². The Kier molecular flexibility index (Phi) is 6.75. The third-order valence-corrected chi connectivity index (χ3v) is 4.60. The van der Waals surface area contributed by atoms with Gasteiger partial charge >= 0.3 is 0 Å². The average Bonchev–Trinajstić information content (AvgIpc) is 2.63. The maximum atomic E-state index is 13.1. The summed E-state index contributed by atoms with van der Waals surface area (Å²) in [5.41, 5.74) is 7.64. The number of hydrogen-bond donors (Lipinski definition) is 1. The Balaban J connectivity index is 0.00000243. The number of amides is 1. The zero-order valence-electron chi connectivity index (χ0n) is 14.6. The Bertz CT molecular complexity index is 771. The number of carbonyl (C=O) groups excluding carboxylic acids is 1. The summed E-state index contributed by atoms with van der Waals surface area (Å²) in [5, 5.41) is 0.338. The molecule has 1 fully saturated rings. The second kappa shape index (κ2) is 8.62. The second-order valence-electron chi connectivity index (χ2n) is 6.13.